The van der Waals surface area contributed by atoms with Crippen LogP contribution in [-0.4, -0.2) is 151 Å². The first kappa shape index (κ1) is 53.9. The van der Waals surface area contributed by atoms with Crippen molar-refractivity contribution in [1.82, 2.24) is 0 Å². The van der Waals surface area contributed by atoms with Crippen molar-refractivity contribution in [3.05, 3.63) is 81.9 Å². The Morgan fingerprint density at radius 1 is 0.479 bits per heavy atom. The Labute approximate surface area is 415 Å². The predicted molar refractivity (Wildman–Crippen MR) is 260 cm³/mol. The van der Waals surface area contributed by atoms with E-state index in [4.69, 9.17) is 56.8 Å². The Morgan fingerprint density at radius 2 is 0.789 bits per heavy atom. The zero-order chi connectivity index (χ0) is 51.7. The second-order valence-electron chi connectivity index (χ2n) is 18.3. The van der Waals surface area contributed by atoms with Crippen LogP contribution < -0.4 is 47.4 Å². The van der Waals surface area contributed by atoms with Crippen LogP contribution in [0.5, 0.6) is 57.5 Å². The van der Waals surface area contributed by atoms with E-state index in [1.54, 1.807) is 71.1 Å². The van der Waals surface area contributed by atoms with Gasteiger partial charge in [-0.1, -0.05) is 0 Å². The van der Waals surface area contributed by atoms with E-state index in [9.17, 15) is 9.59 Å². The van der Waals surface area contributed by atoms with Crippen molar-refractivity contribution in [2.75, 3.05) is 125 Å². The first-order valence-corrected chi connectivity index (χ1v) is 23.4. The Balaban J connectivity index is 1.11. The van der Waals surface area contributed by atoms with Crippen molar-refractivity contribution >= 4 is 11.9 Å². The molecular weight excluding hydrogens is 927 g/mol. The van der Waals surface area contributed by atoms with Gasteiger partial charge in [-0.15, -0.1) is 0 Å². The normalized spacial score (nSPS) is 19.3. The number of ether oxygens (including phenoxy) is 12. The molecule has 0 radical (unpaired) electrons. The average Bonchev–Trinajstić information content (AvgIpc) is 3.38. The highest BCUT2D eigenvalue weighted by Gasteiger charge is 2.43. The molecule has 0 N–H and O–H groups in total. The summed E-state index contributed by atoms with van der Waals surface area (Å²) in [5.41, 5.74) is 5.93. The number of hydrogen-bond donors (Lipinski definition) is 0. The first-order chi connectivity index (χ1) is 34.0. The molecule has 2 aliphatic heterocycles. The smallest absolute Gasteiger partial charge is 0.314 e. The Morgan fingerprint density at radius 3 is 1.08 bits per heavy atom. The lowest BCUT2D eigenvalue weighted by atomic mass is 9.86. The number of esters is 2. The summed E-state index contributed by atoms with van der Waals surface area (Å²) in [5.74, 6) is 0.0220. The molecule has 0 amide bonds. The van der Waals surface area contributed by atoms with Gasteiger partial charge < -0.3 is 65.8 Å². The van der Waals surface area contributed by atoms with Gasteiger partial charge in [0.2, 0.25) is 11.5 Å². The lowest BCUT2D eigenvalue weighted by molar-refractivity contribution is -0.940. The van der Waals surface area contributed by atoms with Gasteiger partial charge in [0.1, 0.15) is 12.1 Å². The van der Waals surface area contributed by atoms with E-state index >= 15 is 8.78 Å². The summed E-state index contributed by atoms with van der Waals surface area (Å²) >= 11 is 0. The third-order valence-corrected chi connectivity index (χ3v) is 14.1. The van der Waals surface area contributed by atoms with Gasteiger partial charge in [-0.25, -0.2) is 0 Å². The van der Waals surface area contributed by atoms with Crippen LogP contribution in [0.4, 0.5) is 8.78 Å². The van der Waals surface area contributed by atoms with E-state index in [-0.39, 0.29) is 38.0 Å². The van der Waals surface area contributed by atoms with Gasteiger partial charge in [-0.05, 0) is 70.8 Å². The van der Waals surface area contributed by atoms with Crippen LogP contribution in [0.15, 0.2) is 48.5 Å². The summed E-state index contributed by atoms with van der Waals surface area (Å²) < 4.78 is 98.3. The van der Waals surface area contributed by atoms with Crippen LogP contribution in [0.25, 0.3) is 0 Å². The van der Waals surface area contributed by atoms with Crippen LogP contribution >= 0.6 is 0 Å². The standard InChI is InChI=1S/C53H70F2N2O14/c1-56(17-13-35-27-41(60-3)43(62-5)29-37(35)39(56)21-33-23-45(64-7)51(68-11)46(24-33)65-8)19-15-49(58)70-31-53(54,55)32-71-50(59)16-20-57(2)18-14-36-28-42(61-4)44(63-6)30-38(36)40(57)22-34-25-47(66-9)52(69-12)48(26-34)67-10/h23-30,39-40H,13-22,31-32H2,1-12H3/q+2/t39-,40-,56?,57?/m1/s1. The van der Waals surface area contributed by atoms with Crippen LogP contribution in [0, 0.1) is 0 Å². The number of fused-ring (bicyclic) bond motifs is 2. The van der Waals surface area contributed by atoms with E-state index in [0.29, 0.717) is 105 Å². The summed E-state index contributed by atoms with van der Waals surface area (Å²) in [5, 5.41) is 0. The molecule has 2 aliphatic rings. The third-order valence-electron chi connectivity index (χ3n) is 14.1. The van der Waals surface area contributed by atoms with Crippen molar-refractivity contribution < 1.29 is 84.2 Å². The van der Waals surface area contributed by atoms with Gasteiger partial charge >= 0.3 is 17.9 Å². The maximum atomic E-state index is 15.4. The van der Waals surface area contributed by atoms with Gasteiger partial charge in [0.25, 0.3) is 0 Å². The molecule has 2 heterocycles. The number of quaternary nitrogens is 2. The van der Waals surface area contributed by atoms with Gasteiger partial charge in [-0.3, -0.25) is 9.59 Å². The van der Waals surface area contributed by atoms with Crippen molar-refractivity contribution in [1.29, 1.82) is 0 Å². The summed E-state index contributed by atoms with van der Waals surface area (Å²) in [7, 11) is 19.7. The summed E-state index contributed by atoms with van der Waals surface area (Å²) in [6.07, 6.45) is 2.04. The molecule has 71 heavy (non-hydrogen) atoms. The zero-order valence-corrected chi connectivity index (χ0v) is 43.1. The number of carbonyl (C=O) groups excluding carboxylic acids is 2. The minimum atomic E-state index is -3.63. The molecule has 6 rings (SSSR count). The molecule has 4 aromatic carbocycles. The largest absolute Gasteiger partial charge is 0.493 e. The Hall–Kier alpha value is -6.40. The molecule has 2 unspecified atom stereocenters. The van der Waals surface area contributed by atoms with Crippen molar-refractivity contribution in [2.24, 2.45) is 0 Å². The molecule has 0 aromatic heterocycles. The molecule has 0 fully saturated rings. The second-order valence-corrected chi connectivity index (χ2v) is 18.3. The minimum absolute atomic E-state index is 0.143. The van der Waals surface area contributed by atoms with Crippen molar-refractivity contribution in [3.8, 4) is 57.5 Å². The number of alkyl halides is 2. The van der Waals surface area contributed by atoms with Crippen molar-refractivity contribution in [3.63, 3.8) is 0 Å². The molecule has 0 bridgehead atoms. The molecular formula is C53H70F2N2O14+2. The Bertz CT molecular complexity index is 2300. The fourth-order valence-corrected chi connectivity index (χ4v) is 10.1. The highest BCUT2D eigenvalue weighted by Crippen LogP contribution is 2.47. The SMILES string of the molecule is COc1cc2c(cc1OC)[C@@H](Cc1cc(OC)c(OC)c(OC)c1)[N+](C)(CCC(=O)OCC(F)(F)COC(=O)CC[N+]1(C)CCc3cc(OC)c(OC)cc3[C@H]1Cc1cc(OC)c(OC)c(OC)c1)CC2. The number of carbonyl (C=O) groups is 2. The number of methoxy groups -OCH3 is 10. The fourth-order valence-electron chi connectivity index (χ4n) is 10.1. The summed E-state index contributed by atoms with van der Waals surface area (Å²) in [6.45, 7) is -0.657. The maximum absolute atomic E-state index is 15.4. The lowest BCUT2D eigenvalue weighted by Gasteiger charge is -2.46. The number of rotatable bonds is 24. The monoisotopic (exact) mass is 996 g/mol. The lowest BCUT2D eigenvalue weighted by Crippen LogP contribution is -2.53. The number of likely N-dealkylation sites (N-methyl/N-ethyl adjacent to an activating group) is 2. The number of nitrogens with zero attached hydrogens (tertiary/aromatic N) is 2. The van der Waals surface area contributed by atoms with Crippen molar-refractivity contribution in [2.45, 2.75) is 56.5 Å². The molecule has 0 aliphatic carbocycles. The topological polar surface area (TPSA) is 145 Å². The molecule has 4 aromatic rings. The zero-order valence-electron chi connectivity index (χ0n) is 43.1. The molecule has 4 atom stereocenters. The highest BCUT2D eigenvalue weighted by atomic mass is 19.3. The predicted octanol–water partition coefficient (Wildman–Crippen LogP) is 7.55. The number of benzene rings is 4. The first-order valence-electron chi connectivity index (χ1n) is 23.4. The van der Waals surface area contributed by atoms with E-state index < -0.39 is 31.1 Å². The number of halogens is 2. The summed E-state index contributed by atoms with van der Waals surface area (Å²) in [6, 6.07) is 15.0. The van der Waals surface area contributed by atoms with Crippen LogP contribution in [0.2, 0.25) is 0 Å². The molecule has 18 heteroatoms. The van der Waals surface area contributed by atoms with Gasteiger partial charge in [0.15, 0.2) is 59.2 Å². The summed E-state index contributed by atoms with van der Waals surface area (Å²) in [4.78, 5) is 26.6. The second kappa shape index (κ2) is 23.2. The number of hydrogen-bond acceptors (Lipinski definition) is 14. The van der Waals surface area contributed by atoms with Crippen LogP contribution in [-0.2, 0) is 44.7 Å². The molecule has 0 saturated heterocycles. The molecule has 0 saturated carbocycles. The van der Waals surface area contributed by atoms with E-state index in [0.717, 1.165) is 33.4 Å². The van der Waals surface area contributed by atoms with Crippen LogP contribution in [0.3, 0.4) is 0 Å². The fraction of sp³-hybridized carbons (Fsp3) is 0.509. The van der Waals surface area contributed by atoms with Crippen LogP contribution in [0.1, 0.15) is 58.3 Å². The molecule has 388 valence electrons. The quantitative estimate of drug-likeness (QED) is 0.0503. The highest BCUT2D eigenvalue weighted by molar-refractivity contribution is 5.70. The van der Waals surface area contributed by atoms with E-state index in [1.165, 1.54) is 0 Å². The van der Waals surface area contributed by atoms with Gasteiger partial charge in [-0.2, -0.15) is 8.78 Å². The molecule has 0 spiro atoms. The van der Waals surface area contributed by atoms with E-state index in [2.05, 4.69) is 0 Å². The average molecular weight is 997 g/mol. The molecule has 16 nitrogen and oxygen atoms in total. The van der Waals surface area contributed by atoms with E-state index in [1.807, 2.05) is 62.6 Å². The minimum Gasteiger partial charge on any atom is -0.493 e. The third kappa shape index (κ3) is 12.0. The van der Waals surface area contributed by atoms with Gasteiger partial charge in [0, 0.05) is 36.8 Å². The maximum Gasteiger partial charge on any atom is 0.314 e. The Kier molecular flexibility index (Phi) is 17.6. The van der Waals surface area contributed by atoms with Gasteiger partial charge in [0.05, 0.1) is 124 Å².